The lowest BCUT2D eigenvalue weighted by molar-refractivity contribution is -0.127. The number of rotatable bonds is 9. The summed E-state index contributed by atoms with van der Waals surface area (Å²) in [5.74, 6) is 1.26. The molecular weight excluding hydrogens is 461 g/mol. The second kappa shape index (κ2) is 12.4. The minimum atomic E-state index is -0.0262. The van der Waals surface area contributed by atoms with E-state index in [-0.39, 0.29) is 36.4 Å². The van der Waals surface area contributed by atoms with Crippen molar-refractivity contribution in [1.29, 1.82) is 0 Å². The van der Waals surface area contributed by atoms with Crippen LogP contribution in [0.2, 0.25) is 0 Å². The van der Waals surface area contributed by atoms with Crippen LogP contribution >= 0.6 is 24.0 Å². The van der Waals surface area contributed by atoms with Gasteiger partial charge in [0, 0.05) is 40.1 Å². The molecule has 27 heavy (non-hydrogen) atoms. The van der Waals surface area contributed by atoms with Gasteiger partial charge in [-0.25, -0.2) is 4.99 Å². The van der Waals surface area contributed by atoms with Crippen LogP contribution in [0.5, 0.6) is 0 Å². The van der Waals surface area contributed by atoms with Crippen LogP contribution in [0.3, 0.4) is 0 Å². The van der Waals surface area contributed by atoms with E-state index in [2.05, 4.69) is 25.8 Å². The molecule has 0 bridgehead atoms. The maximum Gasteiger partial charge on any atom is 0.241 e. The fourth-order valence-corrected chi connectivity index (χ4v) is 2.17. The maximum absolute atomic E-state index is 11.8. The Morgan fingerprint density at radius 1 is 1.30 bits per heavy atom. The van der Waals surface area contributed by atoms with Crippen molar-refractivity contribution in [1.82, 2.24) is 30.1 Å². The molecule has 0 atom stereocenters. The van der Waals surface area contributed by atoms with Crippen molar-refractivity contribution in [2.75, 3.05) is 40.4 Å². The molecule has 2 heterocycles. The Morgan fingerprint density at radius 2 is 2.11 bits per heavy atom. The smallest absolute Gasteiger partial charge is 0.241 e. The van der Waals surface area contributed by atoms with Crippen molar-refractivity contribution in [3.63, 3.8) is 0 Å². The lowest BCUT2D eigenvalue weighted by atomic mass is 10.4. The van der Waals surface area contributed by atoms with Crippen LogP contribution in [0.4, 0.5) is 0 Å². The lowest BCUT2D eigenvalue weighted by Crippen LogP contribution is -2.43. The first-order valence-corrected chi connectivity index (χ1v) is 8.70. The number of likely N-dealkylation sites (N-methyl/N-ethyl adjacent to an activating group) is 1. The van der Waals surface area contributed by atoms with E-state index < -0.39 is 0 Å². The second-order valence-electron chi connectivity index (χ2n) is 5.83. The Labute approximate surface area is 176 Å². The molecule has 0 fully saturated rings. The molecule has 150 valence electrons. The highest BCUT2D eigenvalue weighted by Crippen LogP contribution is 2.03. The molecule has 0 saturated heterocycles. The van der Waals surface area contributed by atoms with Gasteiger partial charge in [0.2, 0.25) is 5.91 Å². The van der Waals surface area contributed by atoms with Gasteiger partial charge in [0.05, 0.1) is 6.54 Å². The molecule has 0 saturated carbocycles. The Kier molecular flexibility index (Phi) is 10.6. The number of carbonyl (C=O) groups is 1. The number of hydrogen-bond donors (Lipinski definition) is 2. The molecule has 1 amide bonds. The number of nitrogens with zero attached hydrogens (tertiary/aromatic N) is 5. The van der Waals surface area contributed by atoms with Crippen molar-refractivity contribution in [3.8, 4) is 0 Å². The molecule has 2 N–H and O–H groups in total. The molecule has 0 aliphatic carbocycles. The van der Waals surface area contributed by atoms with Gasteiger partial charge in [0.25, 0.3) is 0 Å². The van der Waals surface area contributed by atoms with E-state index in [1.54, 1.807) is 14.1 Å². The zero-order valence-electron chi connectivity index (χ0n) is 16.0. The van der Waals surface area contributed by atoms with Crippen molar-refractivity contribution < 1.29 is 9.53 Å². The summed E-state index contributed by atoms with van der Waals surface area (Å²) in [6, 6.07) is 5.72. The molecular formula is C17H28IN7O2. The van der Waals surface area contributed by atoms with Gasteiger partial charge in [-0.3, -0.25) is 9.20 Å². The van der Waals surface area contributed by atoms with Gasteiger partial charge in [-0.05, 0) is 25.5 Å². The Hall–Kier alpha value is -1.95. The number of amides is 1. The summed E-state index contributed by atoms with van der Waals surface area (Å²) in [6.45, 7) is 4.58. The summed E-state index contributed by atoms with van der Waals surface area (Å²) in [4.78, 5) is 17.9. The van der Waals surface area contributed by atoms with Crippen LogP contribution < -0.4 is 10.6 Å². The zero-order valence-corrected chi connectivity index (χ0v) is 18.3. The third-order valence-electron chi connectivity index (χ3n) is 3.63. The molecule has 9 nitrogen and oxygen atoms in total. The summed E-state index contributed by atoms with van der Waals surface area (Å²) in [5, 5.41) is 14.5. The fraction of sp³-hybridized carbons (Fsp3) is 0.529. The largest absolute Gasteiger partial charge is 0.382 e. The highest BCUT2D eigenvalue weighted by molar-refractivity contribution is 14.0. The molecule has 2 aromatic heterocycles. The van der Waals surface area contributed by atoms with Crippen LogP contribution in [0.1, 0.15) is 19.2 Å². The van der Waals surface area contributed by atoms with E-state index in [0.717, 1.165) is 17.9 Å². The highest BCUT2D eigenvalue weighted by Gasteiger charge is 2.07. The number of halogens is 1. The summed E-state index contributed by atoms with van der Waals surface area (Å²) < 4.78 is 7.22. The lowest BCUT2D eigenvalue weighted by Gasteiger charge is -2.14. The number of aromatic nitrogens is 3. The van der Waals surface area contributed by atoms with Gasteiger partial charge in [-0.15, -0.1) is 34.2 Å². The zero-order chi connectivity index (χ0) is 18.8. The molecule has 0 spiro atoms. The van der Waals surface area contributed by atoms with Crippen LogP contribution in [0, 0.1) is 0 Å². The maximum atomic E-state index is 11.8. The Bertz CT molecular complexity index is 733. The van der Waals surface area contributed by atoms with Crippen molar-refractivity contribution >= 4 is 41.5 Å². The normalized spacial score (nSPS) is 11.1. The Balaban J connectivity index is 0.00000364. The minimum Gasteiger partial charge on any atom is -0.382 e. The number of carbonyl (C=O) groups excluding carboxylic acids is 1. The number of guanidine groups is 1. The van der Waals surface area contributed by atoms with Gasteiger partial charge in [-0.2, -0.15) is 0 Å². The number of aliphatic imine (C=N–C) groups is 1. The summed E-state index contributed by atoms with van der Waals surface area (Å²) >= 11 is 0. The van der Waals surface area contributed by atoms with E-state index in [1.807, 2.05) is 35.7 Å². The van der Waals surface area contributed by atoms with E-state index in [1.165, 1.54) is 4.90 Å². The first-order chi connectivity index (χ1) is 12.6. The number of hydrogen-bond acceptors (Lipinski definition) is 5. The Morgan fingerprint density at radius 3 is 2.85 bits per heavy atom. The minimum absolute atomic E-state index is 0. The van der Waals surface area contributed by atoms with Gasteiger partial charge >= 0.3 is 0 Å². The van der Waals surface area contributed by atoms with Gasteiger partial charge in [0.15, 0.2) is 17.4 Å². The number of nitrogens with one attached hydrogen (secondary N) is 2. The average Bonchev–Trinajstić information content (AvgIpc) is 3.06. The van der Waals surface area contributed by atoms with E-state index >= 15 is 0 Å². The summed E-state index contributed by atoms with van der Waals surface area (Å²) in [5.41, 5.74) is 0.777. The number of ether oxygens (including phenoxy) is 1. The van der Waals surface area contributed by atoms with Gasteiger partial charge in [0.1, 0.15) is 6.54 Å². The molecule has 0 aromatic carbocycles. The van der Waals surface area contributed by atoms with Crippen LogP contribution in [0.15, 0.2) is 29.4 Å². The number of pyridine rings is 1. The quantitative estimate of drug-likeness (QED) is 0.235. The molecule has 0 aliphatic rings. The van der Waals surface area contributed by atoms with Crippen molar-refractivity contribution in [2.45, 2.75) is 19.9 Å². The predicted octanol–water partition coefficient (Wildman–Crippen LogP) is 0.897. The topological polar surface area (TPSA) is 96.1 Å². The van der Waals surface area contributed by atoms with E-state index in [9.17, 15) is 4.79 Å². The second-order valence-corrected chi connectivity index (χ2v) is 5.83. The summed E-state index contributed by atoms with van der Waals surface area (Å²) in [6.07, 6.45) is 2.75. The summed E-state index contributed by atoms with van der Waals surface area (Å²) in [7, 11) is 3.44. The molecule has 2 aromatic rings. The van der Waals surface area contributed by atoms with E-state index in [0.29, 0.717) is 32.3 Å². The monoisotopic (exact) mass is 489 g/mol. The molecule has 2 rings (SSSR count). The van der Waals surface area contributed by atoms with Crippen LogP contribution in [0.25, 0.3) is 5.65 Å². The molecule has 0 unspecified atom stereocenters. The fourth-order valence-electron chi connectivity index (χ4n) is 2.17. The molecule has 10 heteroatoms. The van der Waals surface area contributed by atoms with Crippen molar-refractivity contribution in [2.24, 2.45) is 4.99 Å². The van der Waals surface area contributed by atoms with Crippen molar-refractivity contribution in [3.05, 3.63) is 30.2 Å². The van der Waals surface area contributed by atoms with Crippen LogP contribution in [-0.2, 0) is 16.1 Å². The van der Waals surface area contributed by atoms with Crippen LogP contribution in [-0.4, -0.2) is 71.8 Å². The van der Waals surface area contributed by atoms with Gasteiger partial charge < -0.3 is 20.3 Å². The molecule has 0 radical (unpaired) electrons. The van der Waals surface area contributed by atoms with Gasteiger partial charge in [-0.1, -0.05) is 6.07 Å². The SMILES string of the molecule is CCOCCCNC(=NCc1nnc2ccccn12)NCC(=O)N(C)C.I. The highest BCUT2D eigenvalue weighted by atomic mass is 127. The predicted molar refractivity (Wildman–Crippen MR) is 115 cm³/mol. The number of fused-ring (bicyclic) bond motifs is 1. The first kappa shape index (κ1) is 23.1. The standard InChI is InChI=1S/C17H27N7O2.HI/c1-4-26-11-7-9-18-17(20-13-16(25)23(2)3)19-12-15-22-21-14-8-5-6-10-24(14)15;/h5-6,8,10H,4,7,9,11-13H2,1-3H3,(H2,18,19,20);1H. The third-order valence-corrected chi connectivity index (χ3v) is 3.63. The first-order valence-electron chi connectivity index (χ1n) is 8.70. The average molecular weight is 489 g/mol. The van der Waals surface area contributed by atoms with E-state index in [4.69, 9.17) is 4.74 Å². The molecule has 0 aliphatic heterocycles. The third kappa shape index (κ3) is 7.67.